The van der Waals surface area contributed by atoms with Gasteiger partial charge in [0.2, 0.25) is 5.91 Å². The van der Waals surface area contributed by atoms with E-state index >= 15 is 0 Å². The first-order chi connectivity index (χ1) is 11.5. The number of amides is 1. The minimum absolute atomic E-state index is 0.134. The number of aryl methyl sites for hydroxylation is 2. The molecule has 2 unspecified atom stereocenters. The lowest BCUT2D eigenvalue weighted by atomic mass is 9.96. The predicted octanol–water partition coefficient (Wildman–Crippen LogP) is 3.21. The maximum absolute atomic E-state index is 12.4. The molecule has 0 aliphatic carbocycles. The zero-order valence-corrected chi connectivity index (χ0v) is 14.3. The molecule has 1 fully saturated rings. The Balaban J connectivity index is 1.72. The minimum atomic E-state index is -0.411. The number of aromatic hydroxyl groups is 1. The molecular formula is C18H20ClN3O2. The molecule has 2 atom stereocenters. The van der Waals surface area contributed by atoms with Gasteiger partial charge in [-0.05, 0) is 38.0 Å². The molecule has 2 aromatic rings. The van der Waals surface area contributed by atoms with Gasteiger partial charge in [-0.25, -0.2) is 10.9 Å². The van der Waals surface area contributed by atoms with Crippen molar-refractivity contribution in [2.24, 2.45) is 0 Å². The van der Waals surface area contributed by atoms with Gasteiger partial charge in [0.25, 0.3) is 0 Å². The molecule has 0 spiro atoms. The molecule has 1 saturated heterocycles. The molecule has 24 heavy (non-hydrogen) atoms. The zero-order valence-electron chi connectivity index (χ0n) is 13.6. The summed E-state index contributed by atoms with van der Waals surface area (Å²) in [5, 5.41) is 13.6. The van der Waals surface area contributed by atoms with Crippen LogP contribution in [0.15, 0.2) is 36.4 Å². The number of phenols is 1. The molecule has 126 valence electrons. The van der Waals surface area contributed by atoms with E-state index in [9.17, 15) is 9.90 Å². The Bertz CT molecular complexity index is 779. The zero-order chi connectivity index (χ0) is 17.3. The summed E-state index contributed by atoms with van der Waals surface area (Å²) in [6.45, 7) is 3.86. The summed E-state index contributed by atoms with van der Waals surface area (Å²) < 4.78 is 0. The van der Waals surface area contributed by atoms with Crippen molar-refractivity contribution >= 4 is 23.2 Å². The van der Waals surface area contributed by atoms with Gasteiger partial charge in [-0.2, -0.15) is 0 Å². The van der Waals surface area contributed by atoms with Gasteiger partial charge in [-0.15, -0.1) is 0 Å². The van der Waals surface area contributed by atoms with Crippen molar-refractivity contribution < 1.29 is 9.90 Å². The summed E-state index contributed by atoms with van der Waals surface area (Å²) in [4.78, 5) is 12.4. The second kappa shape index (κ2) is 6.81. The standard InChI is InChI=1S/C18H20ClN3O2/c1-10-7-11(2)17(23)12(8-10)15-9-16(22-21-15)18(24)20-14-6-4-3-5-13(14)19/h3-8,15-16,21-23H,9H2,1-2H3,(H,20,24). The minimum Gasteiger partial charge on any atom is -0.507 e. The second-order valence-electron chi connectivity index (χ2n) is 6.12. The molecule has 0 bridgehead atoms. The van der Waals surface area contributed by atoms with Gasteiger partial charge in [0.15, 0.2) is 0 Å². The number of para-hydroxylation sites is 1. The smallest absolute Gasteiger partial charge is 0.242 e. The molecule has 1 heterocycles. The van der Waals surface area contributed by atoms with Crippen LogP contribution in [0.3, 0.4) is 0 Å². The van der Waals surface area contributed by atoms with Crippen molar-refractivity contribution in [3.05, 3.63) is 58.1 Å². The number of phenolic OH excluding ortho intramolecular Hbond substituents is 1. The molecule has 1 aliphatic rings. The molecular weight excluding hydrogens is 326 g/mol. The average Bonchev–Trinajstić information content (AvgIpc) is 3.03. The third-order valence-electron chi connectivity index (χ3n) is 4.20. The summed E-state index contributed by atoms with van der Waals surface area (Å²) in [5.41, 5.74) is 9.38. The Hall–Kier alpha value is -2.08. The Kier molecular flexibility index (Phi) is 4.76. The molecule has 0 radical (unpaired) electrons. The van der Waals surface area contributed by atoms with E-state index in [2.05, 4.69) is 16.2 Å². The first kappa shape index (κ1) is 16.8. The molecule has 6 heteroatoms. The van der Waals surface area contributed by atoms with Crippen LogP contribution in [0, 0.1) is 13.8 Å². The maximum Gasteiger partial charge on any atom is 0.242 e. The highest BCUT2D eigenvalue weighted by Gasteiger charge is 2.32. The molecule has 5 nitrogen and oxygen atoms in total. The lowest BCUT2D eigenvalue weighted by molar-refractivity contribution is -0.117. The fraction of sp³-hybridized carbons (Fsp3) is 0.278. The van der Waals surface area contributed by atoms with Gasteiger partial charge in [0, 0.05) is 5.56 Å². The van der Waals surface area contributed by atoms with Gasteiger partial charge >= 0.3 is 0 Å². The monoisotopic (exact) mass is 345 g/mol. The number of hydrogen-bond donors (Lipinski definition) is 4. The van der Waals surface area contributed by atoms with Crippen molar-refractivity contribution in [3.63, 3.8) is 0 Å². The lowest BCUT2D eigenvalue weighted by Crippen LogP contribution is -2.39. The molecule has 3 rings (SSSR count). The molecule has 2 aromatic carbocycles. The van der Waals surface area contributed by atoms with Gasteiger partial charge in [0.05, 0.1) is 16.8 Å². The number of anilines is 1. The Morgan fingerprint density at radius 2 is 2.00 bits per heavy atom. The van der Waals surface area contributed by atoms with Crippen LogP contribution in [0.4, 0.5) is 5.69 Å². The molecule has 0 aromatic heterocycles. The van der Waals surface area contributed by atoms with Crippen LogP contribution >= 0.6 is 11.6 Å². The summed E-state index contributed by atoms with van der Waals surface area (Å²) in [7, 11) is 0. The van der Waals surface area contributed by atoms with Crippen LogP contribution in [0.2, 0.25) is 5.02 Å². The van der Waals surface area contributed by atoms with E-state index in [4.69, 9.17) is 11.6 Å². The lowest BCUT2D eigenvalue weighted by Gasteiger charge is -2.15. The number of halogens is 1. The van der Waals surface area contributed by atoms with Crippen molar-refractivity contribution in [2.45, 2.75) is 32.4 Å². The number of hydrogen-bond acceptors (Lipinski definition) is 4. The van der Waals surface area contributed by atoms with Crippen LogP contribution in [-0.4, -0.2) is 17.1 Å². The quantitative estimate of drug-likeness (QED) is 0.689. The van der Waals surface area contributed by atoms with Crippen molar-refractivity contribution in [1.82, 2.24) is 10.9 Å². The van der Waals surface area contributed by atoms with E-state index in [1.54, 1.807) is 12.1 Å². The third kappa shape index (κ3) is 3.38. The Labute approximate surface area is 146 Å². The first-order valence-corrected chi connectivity index (χ1v) is 8.20. The number of benzene rings is 2. The van der Waals surface area contributed by atoms with Crippen molar-refractivity contribution in [3.8, 4) is 5.75 Å². The fourth-order valence-electron chi connectivity index (χ4n) is 2.97. The van der Waals surface area contributed by atoms with Crippen LogP contribution in [0.1, 0.15) is 29.2 Å². The molecule has 4 N–H and O–H groups in total. The Morgan fingerprint density at radius 3 is 2.75 bits per heavy atom. The van der Waals surface area contributed by atoms with Crippen LogP contribution in [0.25, 0.3) is 0 Å². The summed E-state index contributed by atoms with van der Waals surface area (Å²) in [5.74, 6) is 0.106. The van der Waals surface area contributed by atoms with Crippen LogP contribution < -0.4 is 16.2 Å². The predicted molar refractivity (Wildman–Crippen MR) is 95.1 cm³/mol. The number of hydrazine groups is 1. The highest BCUT2D eigenvalue weighted by molar-refractivity contribution is 6.33. The summed E-state index contributed by atoms with van der Waals surface area (Å²) in [6, 6.07) is 10.4. The van der Waals surface area contributed by atoms with Crippen molar-refractivity contribution in [1.29, 1.82) is 0 Å². The maximum atomic E-state index is 12.4. The van der Waals surface area contributed by atoms with E-state index in [1.807, 2.05) is 38.1 Å². The average molecular weight is 346 g/mol. The van der Waals surface area contributed by atoms with Crippen LogP contribution in [-0.2, 0) is 4.79 Å². The molecule has 1 aliphatic heterocycles. The number of carbonyl (C=O) groups excluding carboxylic acids is 1. The van der Waals surface area contributed by atoms with E-state index in [-0.39, 0.29) is 17.7 Å². The molecule has 1 amide bonds. The largest absolute Gasteiger partial charge is 0.507 e. The van der Waals surface area contributed by atoms with Gasteiger partial charge in [-0.3, -0.25) is 4.79 Å². The van der Waals surface area contributed by atoms with Gasteiger partial charge < -0.3 is 10.4 Å². The summed E-state index contributed by atoms with van der Waals surface area (Å²) in [6.07, 6.45) is 0.534. The number of nitrogens with one attached hydrogen (secondary N) is 3. The van der Waals surface area contributed by atoms with E-state index in [0.717, 1.165) is 16.7 Å². The highest BCUT2D eigenvalue weighted by atomic mass is 35.5. The number of carbonyl (C=O) groups is 1. The Morgan fingerprint density at radius 1 is 1.25 bits per heavy atom. The normalized spacial score (nSPS) is 20.1. The van der Waals surface area contributed by atoms with E-state index in [0.29, 0.717) is 17.1 Å². The van der Waals surface area contributed by atoms with Gasteiger partial charge in [0.1, 0.15) is 11.8 Å². The van der Waals surface area contributed by atoms with Crippen molar-refractivity contribution in [2.75, 3.05) is 5.32 Å². The fourth-order valence-corrected chi connectivity index (χ4v) is 3.16. The van der Waals surface area contributed by atoms with E-state index < -0.39 is 6.04 Å². The SMILES string of the molecule is Cc1cc(C)c(O)c(C2CC(C(=O)Nc3ccccc3Cl)NN2)c1. The summed E-state index contributed by atoms with van der Waals surface area (Å²) >= 11 is 6.07. The third-order valence-corrected chi connectivity index (χ3v) is 4.53. The first-order valence-electron chi connectivity index (χ1n) is 7.82. The molecule has 0 saturated carbocycles. The van der Waals surface area contributed by atoms with Crippen LogP contribution in [0.5, 0.6) is 5.75 Å². The number of rotatable bonds is 3. The highest BCUT2D eigenvalue weighted by Crippen LogP contribution is 2.33. The second-order valence-corrected chi connectivity index (χ2v) is 6.53. The topological polar surface area (TPSA) is 73.4 Å². The van der Waals surface area contributed by atoms with Gasteiger partial charge in [-0.1, -0.05) is 41.4 Å². The van der Waals surface area contributed by atoms with E-state index in [1.165, 1.54) is 0 Å².